The van der Waals surface area contributed by atoms with E-state index in [9.17, 15) is 5.11 Å². The Hall–Kier alpha value is 0.0169. The zero-order chi connectivity index (χ0) is 20.2. The van der Waals surface area contributed by atoms with Crippen LogP contribution in [0, 0.1) is 14.9 Å². The molecule has 0 aromatic carbocycles. The molecule has 152 valence electrons. The van der Waals surface area contributed by atoms with Crippen molar-refractivity contribution in [2.24, 2.45) is 11.3 Å². The van der Waals surface area contributed by atoms with Gasteiger partial charge in [-0.2, -0.15) is 0 Å². The summed E-state index contributed by atoms with van der Waals surface area (Å²) < 4.78 is 8.30. The van der Waals surface area contributed by atoms with Crippen molar-refractivity contribution in [3.63, 3.8) is 0 Å². The van der Waals surface area contributed by atoms with Crippen molar-refractivity contribution in [2.75, 3.05) is 6.61 Å². The molecule has 1 unspecified atom stereocenters. The molecule has 1 heterocycles. The maximum absolute atomic E-state index is 9.57. The molecule has 3 nitrogen and oxygen atoms in total. The Kier molecular flexibility index (Phi) is 5.93. The smallest absolute Gasteiger partial charge is 0.192 e. The van der Waals surface area contributed by atoms with Crippen LogP contribution >= 0.6 is 22.6 Å². The topological polar surface area (TPSA) is 42.4 Å². The summed E-state index contributed by atoms with van der Waals surface area (Å²) in [6.07, 6.45) is 4.51. The third-order valence-electron chi connectivity index (χ3n) is 7.13. The molecule has 0 bridgehead atoms. The lowest BCUT2D eigenvalue weighted by Crippen LogP contribution is -2.48. The number of hydrogen-bond acceptors (Lipinski definition) is 3. The van der Waals surface area contributed by atoms with Gasteiger partial charge in [0, 0.05) is 27.1 Å². The third-order valence-corrected chi connectivity index (χ3v) is 12.5. The Balaban J connectivity index is 2.00. The molecule has 0 aliphatic heterocycles. The van der Waals surface area contributed by atoms with Crippen LogP contribution in [0.25, 0.3) is 0 Å². The Morgan fingerprint density at radius 3 is 2.44 bits per heavy atom. The van der Waals surface area contributed by atoms with Gasteiger partial charge in [-0.1, -0.05) is 34.6 Å². The number of pyridine rings is 1. The van der Waals surface area contributed by atoms with Gasteiger partial charge >= 0.3 is 0 Å². The lowest BCUT2D eigenvalue weighted by Gasteiger charge is -2.53. The predicted octanol–water partition coefficient (Wildman–Crippen LogP) is 6.21. The van der Waals surface area contributed by atoms with E-state index in [-0.39, 0.29) is 16.6 Å². The summed E-state index contributed by atoms with van der Waals surface area (Å²) in [5, 5.41) is 9.77. The van der Waals surface area contributed by atoms with Crippen molar-refractivity contribution in [1.82, 2.24) is 4.98 Å². The van der Waals surface area contributed by atoms with Gasteiger partial charge < -0.3 is 9.53 Å². The molecule has 1 aromatic heterocycles. The maximum Gasteiger partial charge on any atom is 0.192 e. The fraction of sp³-hybridized carbons (Fsp3) is 0.773. The number of nitrogens with zero attached hydrogens (tertiary/aromatic N) is 1. The van der Waals surface area contributed by atoms with Crippen LogP contribution in [0.3, 0.4) is 0 Å². The van der Waals surface area contributed by atoms with E-state index < -0.39 is 8.32 Å². The summed E-state index contributed by atoms with van der Waals surface area (Å²) in [6.45, 7) is 16.4. The first-order valence-electron chi connectivity index (χ1n) is 10.4. The van der Waals surface area contributed by atoms with E-state index in [4.69, 9.17) is 9.41 Å². The largest absolute Gasteiger partial charge is 0.410 e. The number of halogens is 1. The van der Waals surface area contributed by atoms with Gasteiger partial charge in [-0.05, 0) is 89.7 Å². The van der Waals surface area contributed by atoms with Gasteiger partial charge in [0.2, 0.25) is 0 Å². The molecule has 0 radical (unpaired) electrons. The van der Waals surface area contributed by atoms with E-state index in [2.05, 4.69) is 76.4 Å². The monoisotopic (exact) mass is 501 g/mol. The van der Waals surface area contributed by atoms with Gasteiger partial charge in [-0.25, -0.2) is 0 Å². The summed E-state index contributed by atoms with van der Waals surface area (Å²) in [6, 6.07) is 2.27. The van der Waals surface area contributed by atoms with Gasteiger partial charge in [0.05, 0.1) is 6.10 Å². The van der Waals surface area contributed by atoms with Crippen LogP contribution in [-0.2, 0) is 10.8 Å². The van der Waals surface area contributed by atoms with Crippen molar-refractivity contribution in [3.05, 3.63) is 26.6 Å². The molecule has 27 heavy (non-hydrogen) atoms. The molecule has 2 aliphatic rings. The second kappa shape index (κ2) is 7.37. The summed E-state index contributed by atoms with van der Waals surface area (Å²) >= 11 is 2.50. The zero-order valence-electron chi connectivity index (χ0n) is 18.0. The molecule has 1 aromatic rings. The lowest BCUT2D eigenvalue weighted by atomic mass is 9.55. The fourth-order valence-electron chi connectivity index (χ4n) is 4.52. The highest BCUT2D eigenvalue weighted by molar-refractivity contribution is 14.1. The van der Waals surface area contributed by atoms with Crippen LogP contribution in [0.5, 0.6) is 0 Å². The van der Waals surface area contributed by atoms with Crippen LogP contribution in [0.1, 0.15) is 82.9 Å². The molecule has 0 amide bonds. The molecule has 1 fully saturated rings. The maximum atomic E-state index is 9.57. The average molecular weight is 502 g/mol. The molecule has 0 saturated heterocycles. The minimum Gasteiger partial charge on any atom is -0.410 e. The Labute approximate surface area is 180 Å². The molecule has 1 saturated carbocycles. The van der Waals surface area contributed by atoms with Crippen LogP contribution < -0.4 is 0 Å². The van der Waals surface area contributed by atoms with Crippen LogP contribution in [0.2, 0.25) is 18.1 Å². The van der Waals surface area contributed by atoms with Crippen LogP contribution in [0.15, 0.2) is 6.07 Å². The number of hydrogen-bond donors (Lipinski definition) is 1. The van der Waals surface area contributed by atoms with Gasteiger partial charge in [-0.3, -0.25) is 4.98 Å². The minimum atomic E-state index is -1.88. The first-order valence-corrected chi connectivity index (χ1v) is 14.3. The summed E-state index contributed by atoms with van der Waals surface area (Å²) in [4.78, 5) is 5.11. The van der Waals surface area contributed by atoms with Crippen molar-refractivity contribution < 1.29 is 9.53 Å². The quantitative estimate of drug-likeness (QED) is 0.394. The molecular weight excluding hydrogens is 465 g/mol. The molecular formula is C22H36INO2Si. The first-order chi connectivity index (χ1) is 12.4. The summed E-state index contributed by atoms with van der Waals surface area (Å²) in [5.41, 5.74) is 4.08. The van der Waals surface area contributed by atoms with E-state index in [1.54, 1.807) is 0 Å². The zero-order valence-corrected chi connectivity index (χ0v) is 21.2. The lowest BCUT2D eigenvalue weighted by molar-refractivity contribution is -0.0322. The molecule has 3 rings (SSSR count). The van der Waals surface area contributed by atoms with E-state index in [1.807, 2.05) is 0 Å². The molecule has 1 atom stereocenters. The fourth-order valence-corrected chi connectivity index (χ4v) is 6.77. The van der Waals surface area contributed by atoms with E-state index in [0.29, 0.717) is 18.4 Å². The van der Waals surface area contributed by atoms with Crippen LogP contribution in [0.4, 0.5) is 0 Å². The normalized spacial score (nSPS) is 28.4. The highest BCUT2D eigenvalue weighted by atomic mass is 127. The molecule has 2 aliphatic carbocycles. The van der Waals surface area contributed by atoms with Crippen molar-refractivity contribution in [2.45, 2.75) is 90.5 Å². The summed E-state index contributed by atoms with van der Waals surface area (Å²) in [7, 11) is -1.88. The Bertz CT molecular complexity index is 705. The van der Waals surface area contributed by atoms with E-state index in [1.165, 1.54) is 20.5 Å². The van der Waals surface area contributed by atoms with Crippen molar-refractivity contribution >= 4 is 30.9 Å². The number of aliphatic hydroxyl groups excluding tert-OH is 1. The average Bonchev–Trinajstić information content (AvgIpc) is 2.49. The van der Waals surface area contributed by atoms with E-state index >= 15 is 0 Å². The van der Waals surface area contributed by atoms with Crippen molar-refractivity contribution in [1.29, 1.82) is 0 Å². The standard InChI is InChI=1S/C22H36INO2Si/c1-14(2)17-8-16(23)20-18(24-17)11-22(9-15(10-22)13-25)12-19(20)26-27(6,7)21(3,4)5/h8,14-15,19,25H,9-13H2,1-7H3. The number of aliphatic hydroxyl groups is 1. The van der Waals surface area contributed by atoms with Gasteiger partial charge in [-0.15, -0.1) is 0 Å². The Morgan fingerprint density at radius 1 is 1.30 bits per heavy atom. The van der Waals surface area contributed by atoms with Crippen LogP contribution in [-0.4, -0.2) is 25.0 Å². The second-order valence-electron chi connectivity index (χ2n) is 10.7. The Morgan fingerprint density at radius 2 is 1.93 bits per heavy atom. The molecule has 5 heteroatoms. The number of rotatable bonds is 4. The molecule has 1 N–H and O–H groups in total. The first kappa shape index (κ1) is 21.7. The number of fused-ring (bicyclic) bond motifs is 1. The van der Waals surface area contributed by atoms with Gasteiger partial charge in [0.1, 0.15) is 0 Å². The van der Waals surface area contributed by atoms with Gasteiger partial charge in [0.25, 0.3) is 0 Å². The molecule has 1 spiro atoms. The second-order valence-corrected chi connectivity index (χ2v) is 16.7. The SMILES string of the molecule is CC(C)c1cc(I)c2c(n1)CC1(CC(CO)C1)CC2O[Si](C)(C)C(C)(C)C. The third kappa shape index (κ3) is 4.17. The predicted molar refractivity (Wildman–Crippen MR) is 123 cm³/mol. The van der Waals surface area contributed by atoms with Gasteiger partial charge in [0.15, 0.2) is 8.32 Å². The van der Waals surface area contributed by atoms with Crippen molar-refractivity contribution in [3.8, 4) is 0 Å². The summed E-state index contributed by atoms with van der Waals surface area (Å²) in [5.74, 6) is 0.903. The highest BCUT2D eigenvalue weighted by Crippen LogP contribution is 2.58. The van der Waals surface area contributed by atoms with E-state index in [0.717, 1.165) is 25.7 Å². The minimum absolute atomic E-state index is 0.148. The highest BCUT2D eigenvalue weighted by Gasteiger charge is 2.51. The number of aromatic nitrogens is 1.